The monoisotopic (exact) mass is 359 g/mol. The summed E-state index contributed by atoms with van der Waals surface area (Å²) >= 11 is 9.43. The third kappa shape index (κ3) is 2.99. The van der Waals surface area contributed by atoms with Crippen molar-refractivity contribution in [3.63, 3.8) is 0 Å². The van der Waals surface area contributed by atoms with Crippen LogP contribution in [-0.4, -0.2) is 11.3 Å². The first-order valence-electron chi connectivity index (χ1n) is 6.43. The van der Waals surface area contributed by atoms with Gasteiger partial charge in [-0.1, -0.05) is 29.8 Å². The maximum atomic E-state index is 11.6. The average molecular weight is 361 g/mol. The molecule has 0 aliphatic heterocycles. The van der Waals surface area contributed by atoms with Gasteiger partial charge >= 0.3 is 0 Å². The Kier molecular flexibility index (Phi) is 4.04. The molecule has 104 valence electrons. The van der Waals surface area contributed by atoms with Crippen LogP contribution in [0.2, 0.25) is 5.02 Å². The molecule has 0 fully saturated rings. The van der Waals surface area contributed by atoms with Crippen LogP contribution in [0.5, 0.6) is 0 Å². The van der Waals surface area contributed by atoms with E-state index >= 15 is 0 Å². The van der Waals surface area contributed by atoms with Gasteiger partial charge in [0.15, 0.2) is 0 Å². The summed E-state index contributed by atoms with van der Waals surface area (Å²) in [6, 6.07) is 15.2. The van der Waals surface area contributed by atoms with Crippen molar-refractivity contribution in [2.24, 2.45) is 0 Å². The minimum Gasteiger partial charge on any atom is -0.302 e. The van der Waals surface area contributed by atoms with Crippen LogP contribution >= 0.6 is 27.5 Å². The number of aldehydes is 1. The summed E-state index contributed by atoms with van der Waals surface area (Å²) in [6.07, 6.45) is 2.70. The number of hydrogen-bond donors (Lipinski definition) is 0. The van der Waals surface area contributed by atoms with E-state index in [4.69, 9.17) is 11.6 Å². The van der Waals surface area contributed by atoms with Crippen molar-refractivity contribution in [2.75, 3.05) is 0 Å². The maximum absolute atomic E-state index is 11.6. The zero-order valence-electron chi connectivity index (χ0n) is 11.0. The normalized spacial score (nSPS) is 12.3. The first-order chi connectivity index (χ1) is 10.2. The number of pyridine rings is 1. The highest BCUT2D eigenvalue weighted by molar-refractivity contribution is 9.10. The van der Waals surface area contributed by atoms with Crippen molar-refractivity contribution < 1.29 is 4.79 Å². The Morgan fingerprint density at radius 1 is 1.10 bits per heavy atom. The van der Waals surface area contributed by atoms with Gasteiger partial charge in [0.2, 0.25) is 0 Å². The fourth-order valence-electron chi connectivity index (χ4n) is 2.37. The molecular weight excluding hydrogens is 350 g/mol. The van der Waals surface area contributed by atoms with Gasteiger partial charge in [-0.3, -0.25) is 4.98 Å². The quantitative estimate of drug-likeness (QED) is 0.616. The predicted octanol–water partition coefficient (Wildman–Crippen LogP) is 4.98. The summed E-state index contributed by atoms with van der Waals surface area (Å²) in [5.74, 6) is -0.327. The molecule has 2 aromatic carbocycles. The lowest BCUT2D eigenvalue weighted by atomic mass is 9.92. The Labute approximate surface area is 135 Å². The topological polar surface area (TPSA) is 30.0 Å². The first-order valence-corrected chi connectivity index (χ1v) is 7.60. The van der Waals surface area contributed by atoms with Crippen LogP contribution in [-0.2, 0) is 4.79 Å². The van der Waals surface area contributed by atoms with Crippen LogP contribution in [0, 0.1) is 0 Å². The zero-order valence-corrected chi connectivity index (χ0v) is 13.3. The Hall–Kier alpha value is -1.71. The number of fused-ring (bicyclic) bond motifs is 1. The highest BCUT2D eigenvalue weighted by atomic mass is 79.9. The van der Waals surface area contributed by atoms with Crippen LogP contribution in [0.25, 0.3) is 10.9 Å². The lowest BCUT2D eigenvalue weighted by Crippen LogP contribution is -2.02. The molecule has 0 amide bonds. The minimum absolute atomic E-state index is 0.327. The Morgan fingerprint density at radius 2 is 1.90 bits per heavy atom. The van der Waals surface area contributed by atoms with Crippen molar-refractivity contribution in [1.82, 2.24) is 4.98 Å². The summed E-state index contributed by atoms with van der Waals surface area (Å²) < 4.78 is 0.914. The van der Waals surface area contributed by atoms with E-state index in [9.17, 15) is 4.79 Å². The molecular formula is C17H11BrClNO. The molecule has 0 saturated carbocycles. The first kappa shape index (κ1) is 14.2. The lowest BCUT2D eigenvalue weighted by Gasteiger charge is -2.12. The van der Waals surface area contributed by atoms with Crippen molar-refractivity contribution in [3.05, 3.63) is 75.4 Å². The zero-order chi connectivity index (χ0) is 14.8. The van der Waals surface area contributed by atoms with Crippen molar-refractivity contribution in [1.29, 1.82) is 0 Å². The molecule has 0 radical (unpaired) electrons. The molecule has 0 unspecified atom stereocenters. The van der Waals surface area contributed by atoms with Crippen LogP contribution in [0.15, 0.2) is 59.2 Å². The Balaban J connectivity index is 2.10. The summed E-state index contributed by atoms with van der Waals surface area (Å²) in [6.45, 7) is 0. The smallest absolute Gasteiger partial charge is 0.131 e. The molecule has 0 saturated heterocycles. The van der Waals surface area contributed by atoms with Gasteiger partial charge in [0.05, 0.1) is 11.4 Å². The van der Waals surface area contributed by atoms with Gasteiger partial charge in [-0.2, -0.15) is 0 Å². The van der Waals surface area contributed by atoms with E-state index in [-0.39, 0.29) is 5.92 Å². The number of hydrogen-bond acceptors (Lipinski definition) is 2. The second-order valence-electron chi connectivity index (χ2n) is 4.77. The van der Waals surface area contributed by atoms with Gasteiger partial charge in [0.25, 0.3) is 0 Å². The molecule has 0 bridgehead atoms. The molecule has 4 heteroatoms. The van der Waals surface area contributed by atoms with Crippen LogP contribution < -0.4 is 0 Å². The second-order valence-corrected chi connectivity index (χ2v) is 6.13. The Bertz CT molecular complexity index is 819. The van der Waals surface area contributed by atoms with Gasteiger partial charge in [0, 0.05) is 21.1 Å². The standard InChI is InChI=1S/C17H11BrClNO/c18-14-7-13-6-12(4-5-17(13)20-9-14)16(10-21)11-2-1-3-15(19)8-11/h1-10,16H/t16-/m1/s1. The number of carbonyl (C=O) groups excluding carboxylic acids is 1. The summed E-state index contributed by atoms with van der Waals surface area (Å²) in [4.78, 5) is 15.9. The SMILES string of the molecule is O=C[C@H](c1cccc(Cl)c1)c1ccc2ncc(Br)cc2c1. The predicted molar refractivity (Wildman–Crippen MR) is 88.8 cm³/mol. The number of aromatic nitrogens is 1. The summed E-state index contributed by atoms with van der Waals surface area (Å²) in [5, 5.41) is 1.63. The van der Waals surface area contributed by atoms with E-state index in [1.165, 1.54) is 0 Å². The molecule has 2 nitrogen and oxygen atoms in total. The van der Waals surface area contributed by atoms with Crippen molar-refractivity contribution in [3.8, 4) is 0 Å². The van der Waals surface area contributed by atoms with Gasteiger partial charge in [-0.05, 0) is 57.4 Å². The maximum Gasteiger partial charge on any atom is 0.131 e. The molecule has 0 spiro atoms. The lowest BCUT2D eigenvalue weighted by molar-refractivity contribution is -0.108. The molecule has 0 N–H and O–H groups in total. The number of halogens is 2. The van der Waals surface area contributed by atoms with E-state index in [1.807, 2.05) is 42.5 Å². The highest BCUT2D eigenvalue weighted by Crippen LogP contribution is 2.28. The average Bonchev–Trinajstić information content (AvgIpc) is 2.48. The van der Waals surface area contributed by atoms with Crippen LogP contribution in [0.3, 0.4) is 0 Å². The molecule has 21 heavy (non-hydrogen) atoms. The Morgan fingerprint density at radius 3 is 2.67 bits per heavy atom. The third-order valence-corrected chi connectivity index (χ3v) is 4.04. The number of rotatable bonds is 3. The number of carbonyl (C=O) groups is 1. The van der Waals surface area contributed by atoms with Gasteiger partial charge in [0.1, 0.15) is 6.29 Å². The van der Waals surface area contributed by atoms with E-state index in [1.54, 1.807) is 12.3 Å². The number of nitrogens with zero attached hydrogens (tertiary/aromatic N) is 1. The van der Waals surface area contributed by atoms with Crippen molar-refractivity contribution >= 4 is 44.7 Å². The van der Waals surface area contributed by atoms with E-state index in [2.05, 4.69) is 20.9 Å². The molecule has 1 heterocycles. The molecule has 1 aromatic heterocycles. The summed E-state index contributed by atoms with van der Waals surface area (Å²) in [5.41, 5.74) is 2.72. The molecule has 1 atom stereocenters. The van der Waals surface area contributed by atoms with Gasteiger partial charge < -0.3 is 4.79 Å². The van der Waals surface area contributed by atoms with Crippen LogP contribution in [0.4, 0.5) is 0 Å². The molecule has 3 aromatic rings. The van der Waals surface area contributed by atoms with E-state index in [0.717, 1.165) is 32.8 Å². The molecule has 0 aliphatic carbocycles. The fourth-order valence-corrected chi connectivity index (χ4v) is 2.91. The number of benzene rings is 2. The summed E-state index contributed by atoms with van der Waals surface area (Å²) in [7, 11) is 0. The van der Waals surface area contributed by atoms with Gasteiger partial charge in [-0.25, -0.2) is 0 Å². The molecule has 3 rings (SSSR count). The molecule has 0 aliphatic rings. The van der Waals surface area contributed by atoms with E-state index < -0.39 is 0 Å². The fraction of sp³-hybridized carbons (Fsp3) is 0.0588. The third-order valence-electron chi connectivity index (χ3n) is 3.37. The minimum atomic E-state index is -0.327. The van der Waals surface area contributed by atoms with Crippen molar-refractivity contribution in [2.45, 2.75) is 5.92 Å². The highest BCUT2D eigenvalue weighted by Gasteiger charge is 2.14. The van der Waals surface area contributed by atoms with Gasteiger partial charge in [-0.15, -0.1) is 0 Å². The second kappa shape index (κ2) is 5.96. The van der Waals surface area contributed by atoms with Crippen LogP contribution in [0.1, 0.15) is 17.0 Å². The largest absolute Gasteiger partial charge is 0.302 e. The van der Waals surface area contributed by atoms with E-state index in [0.29, 0.717) is 5.02 Å².